The van der Waals surface area contributed by atoms with Crippen LogP contribution in [0.25, 0.3) is 31.6 Å². The van der Waals surface area contributed by atoms with Crippen molar-refractivity contribution in [3.05, 3.63) is 118 Å². The molecular formula is C35H28N2S2. The van der Waals surface area contributed by atoms with Crippen molar-refractivity contribution in [2.24, 2.45) is 0 Å². The van der Waals surface area contributed by atoms with Crippen LogP contribution in [0.15, 0.2) is 97.1 Å². The molecule has 0 N–H and O–H groups in total. The molecule has 4 heteroatoms. The minimum atomic E-state index is -0.203. The van der Waals surface area contributed by atoms with Crippen molar-refractivity contribution < 1.29 is 0 Å². The van der Waals surface area contributed by atoms with Crippen LogP contribution in [-0.4, -0.2) is 9.97 Å². The summed E-state index contributed by atoms with van der Waals surface area (Å²) in [6.45, 7) is 0. The van der Waals surface area contributed by atoms with Crippen LogP contribution in [0.4, 0.5) is 0 Å². The van der Waals surface area contributed by atoms with Gasteiger partial charge in [0, 0.05) is 16.2 Å². The van der Waals surface area contributed by atoms with Gasteiger partial charge in [-0.1, -0.05) is 85.6 Å². The standard InChI is InChI=1S/C35H28N2S2/c1-3-13-25-23(11-1)24-12-2-4-14-26(24)35(25)33(31-36-27-15-5-7-17-29(27)38-31)19-9-21-34(35,22-10-20-33)32-37-28-16-6-8-18-30(28)39-32/h1-8,11-18H,9-10,19-22H2. The molecular weight excluding hydrogens is 513 g/mol. The molecule has 6 aromatic rings. The first kappa shape index (κ1) is 22.5. The van der Waals surface area contributed by atoms with Gasteiger partial charge in [-0.2, -0.15) is 0 Å². The van der Waals surface area contributed by atoms with Gasteiger partial charge in [0.15, 0.2) is 0 Å². The average molecular weight is 541 g/mol. The first-order valence-corrected chi connectivity index (χ1v) is 15.8. The molecule has 0 atom stereocenters. The molecule has 9 rings (SSSR count). The lowest BCUT2D eigenvalue weighted by atomic mass is 9.37. The highest BCUT2D eigenvalue weighted by molar-refractivity contribution is 7.19. The minimum Gasteiger partial charge on any atom is -0.241 e. The van der Waals surface area contributed by atoms with Gasteiger partial charge in [-0.3, -0.25) is 0 Å². The fourth-order valence-corrected chi connectivity index (χ4v) is 11.5. The number of hydrogen-bond acceptors (Lipinski definition) is 4. The maximum absolute atomic E-state index is 5.48. The van der Waals surface area contributed by atoms with Gasteiger partial charge in [-0.15, -0.1) is 22.7 Å². The van der Waals surface area contributed by atoms with Crippen LogP contribution in [0.3, 0.4) is 0 Å². The van der Waals surface area contributed by atoms with Crippen molar-refractivity contribution in [2.75, 3.05) is 0 Å². The van der Waals surface area contributed by atoms with Gasteiger partial charge >= 0.3 is 0 Å². The van der Waals surface area contributed by atoms with Crippen molar-refractivity contribution in [2.45, 2.75) is 54.8 Å². The molecule has 39 heavy (non-hydrogen) atoms. The van der Waals surface area contributed by atoms with Crippen LogP contribution in [0.5, 0.6) is 0 Å². The molecule has 4 aromatic carbocycles. The first-order chi connectivity index (χ1) is 19.3. The van der Waals surface area contributed by atoms with E-state index in [4.69, 9.17) is 9.97 Å². The van der Waals surface area contributed by atoms with Crippen LogP contribution in [0.1, 0.15) is 59.7 Å². The SMILES string of the molecule is c1ccc2c(c1)-c1ccccc1C21C2(c3nc4ccccc4s3)CCCC1(c1nc3ccccc3s1)CCC2. The number of aromatic nitrogens is 2. The zero-order valence-electron chi connectivity index (χ0n) is 21.7. The number of nitrogens with zero attached hydrogens (tertiary/aromatic N) is 2. The highest BCUT2D eigenvalue weighted by atomic mass is 32.1. The third-order valence-corrected chi connectivity index (χ3v) is 12.7. The Balaban J connectivity index is 1.46. The van der Waals surface area contributed by atoms with Gasteiger partial charge in [0.05, 0.1) is 20.4 Å². The smallest absolute Gasteiger partial charge is 0.101 e. The molecule has 0 radical (unpaired) electrons. The van der Waals surface area contributed by atoms with Crippen LogP contribution >= 0.6 is 22.7 Å². The monoisotopic (exact) mass is 540 g/mol. The third kappa shape index (κ3) is 2.63. The van der Waals surface area contributed by atoms with Crippen LogP contribution < -0.4 is 0 Å². The summed E-state index contributed by atoms with van der Waals surface area (Å²) in [6.07, 6.45) is 7.09. The zero-order chi connectivity index (χ0) is 25.7. The Morgan fingerprint density at radius 2 is 0.897 bits per heavy atom. The van der Waals surface area contributed by atoms with E-state index in [2.05, 4.69) is 97.1 Å². The second kappa shape index (κ2) is 7.87. The molecule has 0 amide bonds. The molecule has 1 spiro atoms. The molecule has 2 saturated carbocycles. The minimum absolute atomic E-state index is 0.0756. The van der Waals surface area contributed by atoms with E-state index in [1.54, 1.807) is 0 Å². The van der Waals surface area contributed by atoms with Crippen LogP contribution in [0, 0.1) is 0 Å². The summed E-state index contributed by atoms with van der Waals surface area (Å²) in [5, 5.41) is 2.67. The van der Waals surface area contributed by atoms with Crippen molar-refractivity contribution >= 4 is 43.1 Å². The maximum atomic E-state index is 5.48. The lowest BCUT2D eigenvalue weighted by Crippen LogP contribution is -2.66. The Morgan fingerprint density at radius 1 is 0.487 bits per heavy atom. The molecule has 2 heterocycles. The van der Waals surface area contributed by atoms with Gasteiger partial charge in [0.1, 0.15) is 10.0 Å². The summed E-state index contributed by atoms with van der Waals surface area (Å²) in [5.74, 6) is 0. The summed E-state index contributed by atoms with van der Waals surface area (Å²) in [5.41, 5.74) is 7.76. The van der Waals surface area contributed by atoms with Crippen molar-refractivity contribution in [3.63, 3.8) is 0 Å². The molecule has 3 aliphatic rings. The van der Waals surface area contributed by atoms with Gasteiger partial charge in [0.25, 0.3) is 0 Å². The van der Waals surface area contributed by atoms with Crippen molar-refractivity contribution in [1.29, 1.82) is 0 Å². The third-order valence-electron chi connectivity index (χ3n) is 10.2. The van der Waals surface area contributed by atoms with E-state index < -0.39 is 0 Å². The van der Waals surface area contributed by atoms with E-state index in [0.29, 0.717) is 0 Å². The lowest BCUT2D eigenvalue weighted by molar-refractivity contribution is 0.0193. The fraction of sp³-hybridized carbons (Fsp3) is 0.257. The number of benzene rings is 4. The molecule has 0 unspecified atom stereocenters. The Labute approximate surface area is 236 Å². The van der Waals surface area contributed by atoms with Crippen molar-refractivity contribution in [3.8, 4) is 11.1 Å². The summed E-state index contributed by atoms with van der Waals surface area (Å²) in [4.78, 5) is 11.0. The van der Waals surface area contributed by atoms with Crippen LogP contribution in [-0.2, 0) is 16.2 Å². The predicted octanol–water partition coefficient (Wildman–Crippen LogP) is 9.42. The number of para-hydroxylation sites is 2. The number of rotatable bonds is 2. The molecule has 2 fully saturated rings. The number of thiazole rings is 2. The topological polar surface area (TPSA) is 25.8 Å². The average Bonchev–Trinajstić information content (AvgIpc) is 3.68. The Kier molecular flexibility index (Phi) is 4.53. The van der Waals surface area contributed by atoms with Gasteiger partial charge < -0.3 is 0 Å². The summed E-state index contributed by atoms with van der Waals surface area (Å²) in [7, 11) is 0. The molecule has 2 aromatic heterocycles. The highest BCUT2D eigenvalue weighted by Gasteiger charge is 2.72. The van der Waals surface area contributed by atoms with Gasteiger partial charge in [-0.05, 0) is 72.2 Å². The van der Waals surface area contributed by atoms with E-state index in [1.165, 1.54) is 80.2 Å². The summed E-state index contributed by atoms with van der Waals surface area (Å²) in [6, 6.07) is 36.1. The molecule has 3 aliphatic carbocycles. The summed E-state index contributed by atoms with van der Waals surface area (Å²) >= 11 is 3.89. The zero-order valence-corrected chi connectivity index (χ0v) is 23.3. The van der Waals surface area contributed by atoms with Gasteiger partial charge in [-0.25, -0.2) is 9.97 Å². The van der Waals surface area contributed by atoms with Crippen molar-refractivity contribution in [1.82, 2.24) is 9.97 Å². The largest absolute Gasteiger partial charge is 0.241 e. The first-order valence-electron chi connectivity index (χ1n) is 14.2. The predicted molar refractivity (Wildman–Crippen MR) is 163 cm³/mol. The number of hydrogen-bond donors (Lipinski definition) is 0. The van der Waals surface area contributed by atoms with E-state index >= 15 is 0 Å². The highest BCUT2D eigenvalue weighted by Crippen LogP contribution is 2.75. The Morgan fingerprint density at radius 3 is 1.36 bits per heavy atom. The lowest BCUT2D eigenvalue weighted by Gasteiger charge is -2.65. The summed E-state index contributed by atoms with van der Waals surface area (Å²) < 4.78 is 2.61. The fourth-order valence-electron chi connectivity index (χ4n) is 9.01. The molecule has 0 saturated heterocycles. The number of fused-ring (bicyclic) bond motifs is 5. The van der Waals surface area contributed by atoms with Crippen LogP contribution in [0.2, 0.25) is 0 Å². The van der Waals surface area contributed by atoms with E-state index in [-0.39, 0.29) is 16.2 Å². The maximum Gasteiger partial charge on any atom is 0.101 e. The molecule has 2 nitrogen and oxygen atoms in total. The Bertz CT molecular complexity index is 1700. The second-order valence-electron chi connectivity index (χ2n) is 11.7. The van der Waals surface area contributed by atoms with E-state index in [0.717, 1.165) is 11.0 Å². The quantitative estimate of drug-likeness (QED) is 0.219. The second-order valence-corrected chi connectivity index (χ2v) is 13.7. The van der Waals surface area contributed by atoms with E-state index in [9.17, 15) is 0 Å². The van der Waals surface area contributed by atoms with E-state index in [1.807, 2.05) is 22.7 Å². The normalized spacial score (nSPS) is 24.7. The molecule has 2 bridgehead atoms. The Hall–Kier alpha value is -3.34. The molecule has 0 aliphatic heterocycles. The molecule has 190 valence electrons. The van der Waals surface area contributed by atoms with Gasteiger partial charge in [0.2, 0.25) is 0 Å².